The summed E-state index contributed by atoms with van der Waals surface area (Å²) in [4.78, 5) is 10.2. The summed E-state index contributed by atoms with van der Waals surface area (Å²) in [7, 11) is 0. The lowest BCUT2D eigenvalue weighted by Crippen LogP contribution is -2.11. The van der Waals surface area contributed by atoms with Crippen LogP contribution in [0.4, 0.5) is 0 Å². The van der Waals surface area contributed by atoms with Gasteiger partial charge in [-0.15, -0.1) is 0 Å². The maximum absolute atomic E-state index is 10.9. The van der Waals surface area contributed by atoms with Crippen LogP contribution in [-0.2, 0) is 5.41 Å². The summed E-state index contributed by atoms with van der Waals surface area (Å²) in [5.41, 5.74) is 14.0. The number of phenolic OH excluding ortho intramolecular Hbond substituents is 1. The van der Waals surface area contributed by atoms with Crippen molar-refractivity contribution in [2.75, 3.05) is 0 Å². The molecular formula is C50H39N3O. The summed E-state index contributed by atoms with van der Waals surface area (Å²) >= 11 is 0. The van der Waals surface area contributed by atoms with Crippen molar-refractivity contribution < 1.29 is 5.11 Å². The Kier molecular flexibility index (Phi) is 8.16. The predicted molar refractivity (Wildman–Crippen MR) is 224 cm³/mol. The van der Waals surface area contributed by atoms with E-state index in [1.54, 1.807) is 6.07 Å². The molecule has 0 radical (unpaired) electrons. The Morgan fingerprint density at radius 2 is 1.11 bits per heavy atom. The van der Waals surface area contributed by atoms with Crippen molar-refractivity contribution in [2.45, 2.75) is 26.2 Å². The average molecular weight is 698 g/mol. The minimum Gasteiger partial charge on any atom is -0.507 e. The molecule has 4 nitrogen and oxygen atoms in total. The number of benzene rings is 6. The van der Waals surface area contributed by atoms with E-state index in [9.17, 15) is 5.11 Å². The van der Waals surface area contributed by atoms with E-state index in [1.165, 1.54) is 27.4 Å². The highest BCUT2D eigenvalue weighted by Gasteiger charge is 2.20. The van der Waals surface area contributed by atoms with Crippen LogP contribution in [0.1, 0.15) is 26.3 Å². The Labute approximate surface area is 315 Å². The lowest BCUT2D eigenvalue weighted by atomic mass is 9.84. The maximum Gasteiger partial charge on any atom is 0.124 e. The normalized spacial score (nSPS) is 11.7. The first-order valence-electron chi connectivity index (χ1n) is 18.4. The summed E-state index contributed by atoms with van der Waals surface area (Å²) in [5.74, 6) is 0.202. The fourth-order valence-corrected chi connectivity index (χ4v) is 7.51. The molecule has 54 heavy (non-hydrogen) atoms. The highest BCUT2D eigenvalue weighted by molar-refractivity contribution is 6.13. The smallest absolute Gasteiger partial charge is 0.124 e. The van der Waals surface area contributed by atoms with Gasteiger partial charge in [-0.2, -0.15) is 0 Å². The van der Waals surface area contributed by atoms with Crippen molar-refractivity contribution in [3.05, 3.63) is 182 Å². The van der Waals surface area contributed by atoms with Crippen LogP contribution in [0.15, 0.2) is 176 Å². The van der Waals surface area contributed by atoms with Gasteiger partial charge in [-0.3, -0.25) is 4.98 Å². The number of hydrogen-bond acceptors (Lipinski definition) is 3. The lowest BCUT2D eigenvalue weighted by Gasteiger charge is -2.22. The second-order valence-corrected chi connectivity index (χ2v) is 14.9. The van der Waals surface area contributed by atoms with Crippen molar-refractivity contribution in [1.29, 1.82) is 0 Å². The molecule has 0 bridgehead atoms. The van der Waals surface area contributed by atoms with Gasteiger partial charge in [0, 0.05) is 44.9 Å². The number of phenols is 1. The van der Waals surface area contributed by atoms with Crippen LogP contribution < -0.4 is 0 Å². The molecule has 0 atom stereocenters. The fraction of sp³-hybridized carbons (Fsp3) is 0.0800. The van der Waals surface area contributed by atoms with Crippen LogP contribution >= 0.6 is 0 Å². The van der Waals surface area contributed by atoms with E-state index in [2.05, 4.69) is 153 Å². The van der Waals surface area contributed by atoms with E-state index in [-0.39, 0.29) is 11.2 Å². The molecule has 0 aliphatic carbocycles. The molecule has 4 heteroatoms. The van der Waals surface area contributed by atoms with Gasteiger partial charge >= 0.3 is 0 Å². The van der Waals surface area contributed by atoms with Gasteiger partial charge in [0.25, 0.3) is 0 Å². The van der Waals surface area contributed by atoms with Crippen molar-refractivity contribution >= 4 is 21.8 Å². The first-order valence-corrected chi connectivity index (χ1v) is 18.4. The molecule has 260 valence electrons. The Bertz CT molecular complexity index is 2810. The Morgan fingerprint density at radius 3 is 1.89 bits per heavy atom. The number of hydrogen-bond donors (Lipinski definition) is 1. The molecule has 6 aromatic carbocycles. The summed E-state index contributed by atoms with van der Waals surface area (Å²) in [6.45, 7) is 6.72. The number of aromatic hydroxyl groups is 1. The number of pyridine rings is 2. The van der Waals surface area contributed by atoms with Gasteiger partial charge in [-0.05, 0) is 100 Å². The van der Waals surface area contributed by atoms with Gasteiger partial charge in [0.1, 0.15) is 5.75 Å². The quantitative estimate of drug-likeness (QED) is 0.188. The average Bonchev–Trinajstić information content (AvgIpc) is 3.56. The zero-order valence-electron chi connectivity index (χ0n) is 30.5. The highest BCUT2D eigenvalue weighted by atomic mass is 16.3. The maximum atomic E-state index is 10.9. The van der Waals surface area contributed by atoms with Gasteiger partial charge in [0.05, 0.1) is 28.1 Å². The van der Waals surface area contributed by atoms with Gasteiger partial charge in [0.2, 0.25) is 0 Å². The number of nitrogens with zero attached hydrogens (tertiary/aromatic N) is 3. The van der Waals surface area contributed by atoms with Crippen molar-refractivity contribution in [1.82, 2.24) is 14.5 Å². The van der Waals surface area contributed by atoms with Gasteiger partial charge in [0.15, 0.2) is 0 Å². The zero-order chi connectivity index (χ0) is 36.8. The standard InChI is InChI=1S/C50H39N3O/c1-50(2,3)38-28-36(27-37(29-38)45-31-35(33-15-6-4-7-16-33)32-46(52-45)43-20-11-13-24-48(43)54)44-30-34(25-26-51-44)40-21-14-22-42-41-19-10-12-23-47(41)53(49(40)42)39-17-8-5-9-18-39/h4-32,54H,1-3H3. The van der Waals surface area contributed by atoms with E-state index in [0.29, 0.717) is 11.3 Å². The topological polar surface area (TPSA) is 50.9 Å². The molecule has 0 aliphatic heterocycles. The molecule has 0 fully saturated rings. The largest absolute Gasteiger partial charge is 0.507 e. The van der Waals surface area contributed by atoms with Crippen LogP contribution in [0.3, 0.4) is 0 Å². The van der Waals surface area contributed by atoms with Crippen molar-refractivity contribution in [3.8, 4) is 67.5 Å². The third-order valence-electron chi connectivity index (χ3n) is 10.3. The van der Waals surface area contributed by atoms with Gasteiger partial charge < -0.3 is 9.67 Å². The first kappa shape index (κ1) is 33.1. The molecule has 0 saturated carbocycles. The van der Waals surface area contributed by atoms with E-state index >= 15 is 0 Å². The second-order valence-electron chi connectivity index (χ2n) is 14.9. The van der Waals surface area contributed by atoms with Crippen LogP contribution in [0, 0.1) is 0 Å². The van der Waals surface area contributed by atoms with Crippen LogP contribution in [-0.4, -0.2) is 19.6 Å². The van der Waals surface area contributed by atoms with Crippen LogP contribution in [0.2, 0.25) is 0 Å². The number of rotatable bonds is 6. The fourth-order valence-electron chi connectivity index (χ4n) is 7.51. The van der Waals surface area contributed by atoms with Crippen LogP contribution in [0.5, 0.6) is 5.75 Å². The number of fused-ring (bicyclic) bond motifs is 3. The first-order chi connectivity index (χ1) is 26.3. The second kappa shape index (κ2) is 13.3. The minimum absolute atomic E-state index is 0.137. The molecule has 0 spiro atoms. The molecule has 9 aromatic rings. The van der Waals surface area contributed by atoms with E-state index in [1.807, 2.05) is 42.6 Å². The third kappa shape index (κ3) is 6.02. The molecular weight excluding hydrogens is 659 g/mol. The summed E-state index contributed by atoms with van der Waals surface area (Å²) in [6, 6.07) is 58.8. The number of para-hydroxylation sites is 4. The zero-order valence-corrected chi connectivity index (χ0v) is 30.5. The highest BCUT2D eigenvalue weighted by Crippen LogP contribution is 2.40. The van der Waals surface area contributed by atoms with E-state index < -0.39 is 0 Å². The SMILES string of the molecule is CC(C)(C)c1cc(-c2cc(-c3cccc4c5ccccc5n(-c5ccccc5)c34)ccn2)cc(-c2cc(-c3ccccc3)cc(-c3ccccc3O)n2)c1. The molecule has 0 unspecified atom stereocenters. The van der Waals surface area contributed by atoms with Crippen molar-refractivity contribution in [2.24, 2.45) is 0 Å². The van der Waals surface area contributed by atoms with Crippen LogP contribution in [0.25, 0.3) is 83.5 Å². The van der Waals surface area contributed by atoms with Gasteiger partial charge in [-0.25, -0.2) is 4.98 Å². The molecule has 1 N–H and O–H groups in total. The third-order valence-corrected chi connectivity index (χ3v) is 10.3. The Balaban J connectivity index is 1.24. The Hall–Kier alpha value is -6.78. The van der Waals surface area contributed by atoms with E-state index in [0.717, 1.165) is 50.5 Å². The molecule has 3 aromatic heterocycles. The monoisotopic (exact) mass is 697 g/mol. The number of aromatic nitrogens is 3. The molecule has 0 saturated heterocycles. The molecule has 9 rings (SSSR count). The lowest BCUT2D eigenvalue weighted by molar-refractivity contribution is 0.477. The Morgan fingerprint density at radius 1 is 0.481 bits per heavy atom. The van der Waals surface area contributed by atoms with Gasteiger partial charge in [-0.1, -0.05) is 118 Å². The summed E-state index contributed by atoms with van der Waals surface area (Å²) in [6.07, 6.45) is 1.92. The molecule has 3 heterocycles. The molecule has 0 aliphatic rings. The van der Waals surface area contributed by atoms with Crippen molar-refractivity contribution in [3.63, 3.8) is 0 Å². The predicted octanol–water partition coefficient (Wildman–Crippen LogP) is 12.9. The molecule has 0 amide bonds. The van der Waals surface area contributed by atoms with E-state index in [4.69, 9.17) is 9.97 Å². The summed E-state index contributed by atoms with van der Waals surface area (Å²) < 4.78 is 2.38. The summed E-state index contributed by atoms with van der Waals surface area (Å²) in [5, 5.41) is 13.3. The minimum atomic E-state index is -0.137.